The van der Waals surface area contributed by atoms with Gasteiger partial charge in [0.2, 0.25) is 0 Å². The summed E-state index contributed by atoms with van der Waals surface area (Å²) in [6.45, 7) is 2.82. The molecule has 2 amide bonds. The van der Waals surface area contributed by atoms with E-state index in [9.17, 15) is 14.7 Å². The van der Waals surface area contributed by atoms with E-state index in [-0.39, 0.29) is 12.6 Å². The van der Waals surface area contributed by atoms with E-state index in [1.54, 1.807) is 20.1 Å². The Morgan fingerprint density at radius 3 is 2.86 bits per heavy atom. The quantitative estimate of drug-likeness (QED) is 0.891. The maximum absolute atomic E-state index is 12.2. The molecule has 1 saturated heterocycles. The van der Waals surface area contributed by atoms with Crippen molar-refractivity contribution in [2.75, 3.05) is 25.5 Å². The molecule has 1 heterocycles. The summed E-state index contributed by atoms with van der Waals surface area (Å²) in [4.78, 5) is 24.9. The first-order chi connectivity index (χ1) is 9.94. The first kappa shape index (κ1) is 15.3. The fourth-order valence-electron chi connectivity index (χ4n) is 2.42. The molecule has 1 fully saturated rings. The average Bonchev–Trinajstić information content (AvgIpc) is 2.84. The fourth-order valence-corrected chi connectivity index (χ4v) is 2.42. The van der Waals surface area contributed by atoms with Crippen molar-refractivity contribution in [3.8, 4) is 0 Å². The summed E-state index contributed by atoms with van der Waals surface area (Å²) in [5.41, 5.74) is 0.792. The molecule has 1 aliphatic heterocycles. The van der Waals surface area contributed by atoms with Gasteiger partial charge < -0.3 is 20.1 Å². The molecule has 0 spiro atoms. The summed E-state index contributed by atoms with van der Waals surface area (Å²) in [7, 11) is 1.61. The minimum absolute atomic E-state index is 0.228. The van der Waals surface area contributed by atoms with Crippen molar-refractivity contribution < 1.29 is 19.4 Å². The largest absolute Gasteiger partial charge is 0.481 e. The molecule has 2 N–H and O–H groups in total. The molecule has 6 heteroatoms. The van der Waals surface area contributed by atoms with Gasteiger partial charge in [-0.05, 0) is 31.0 Å². The number of rotatable bonds is 4. The number of anilines is 1. The van der Waals surface area contributed by atoms with E-state index >= 15 is 0 Å². The number of benzene rings is 1. The molecule has 114 valence electrons. The van der Waals surface area contributed by atoms with Crippen LogP contribution in [-0.4, -0.2) is 42.2 Å². The second kappa shape index (κ2) is 6.13. The van der Waals surface area contributed by atoms with Crippen LogP contribution in [0.5, 0.6) is 0 Å². The van der Waals surface area contributed by atoms with Gasteiger partial charge in [0, 0.05) is 25.9 Å². The lowest BCUT2D eigenvalue weighted by molar-refractivity contribution is -0.146. The Hall–Kier alpha value is -2.08. The third-order valence-electron chi connectivity index (χ3n) is 3.77. The van der Waals surface area contributed by atoms with Gasteiger partial charge in [-0.1, -0.05) is 12.1 Å². The number of nitrogens with one attached hydrogen (secondary N) is 1. The number of aliphatic carboxylic acids is 1. The van der Waals surface area contributed by atoms with Crippen molar-refractivity contribution in [1.29, 1.82) is 0 Å². The van der Waals surface area contributed by atoms with Crippen LogP contribution in [-0.2, 0) is 16.1 Å². The zero-order valence-corrected chi connectivity index (χ0v) is 12.3. The molecule has 21 heavy (non-hydrogen) atoms. The number of ether oxygens (including phenoxy) is 1. The number of amides is 2. The predicted molar refractivity (Wildman–Crippen MR) is 78.1 cm³/mol. The molecular formula is C15H20N2O4. The summed E-state index contributed by atoms with van der Waals surface area (Å²) in [6.07, 6.45) is 0.472. The second-order valence-electron chi connectivity index (χ2n) is 5.60. The number of carbonyl (C=O) groups excluding carboxylic acids is 1. The first-order valence-electron chi connectivity index (χ1n) is 6.82. The third kappa shape index (κ3) is 3.52. The maximum Gasteiger partial charge on any atom is 0.321 e. The Bertz CT molecular complexity index is 546. The van der Waals surface area contributed by atoms with Crippen LogP contribution >= 0.6 is 0 Å². The van der Waals surface area contributed by atoms with Crippen LogP contribution in [0.1, 0.15) is 18.9 Å². The van der Waals surface area contributed by atoms with Crippen LogP contribution in [0.25, 0.3) is 0 Å². The van der Waals surface area contributed by atoms with Crippen LogP contribution in [0, 0.1) is 5.41 Å². The number of urea groups is 1. The number of carboxylic acid groups (broad SMARTS) is 1. The lowest BCUT2D eigenvalue weighted by atomic mass is 9.90. The number of carbonyl (C=O) groups is 2. The molecular weight excluding hydrogens is 272 g/mol. The molecule has 0 radical (unpaired) electrons. The normalized spacial score (nSPS) is 21.3. The minimum Gasteiger partial charge on any atom is -0.481 e. The lowest BCUT2D eigenvalue weighted by Gasteiger charge is -2.20. The van der Waals surface area contributed by atoms with E-state index in [0.717, 1.165) is 5.56 Å². The summed E-state index contributed by atoms with van der Waals surface area (Å²) in [6, 6.07) is 7.12. The van der Waals surface area contributed by atoms with Gasteiger partial charge in [0.25, 0.3) is 0 Å². The predicted octanol–water partition coefficient (Wildman–Crippen LogP) is 2.16. The van der Waals surface area contributed by atoms with Gasteiger partial charge in [-0.3, -0.25) is 4.79 Å². The van der Waals surface area contributed by atoms with Gasteiger partial charge in [-0.25, -0.2) is 4.79 Å². The Morgan fingerprint density at radius 1 is 1.48 bits per heavy atom. The van der Waals surface area contributed by atoms with Gasteiger partial charge in [-0.2, -0.15) is 0 Å². The van der Waals surface area contributed by atoms with Crippen LogP contribution in [0.2, 0.25) is 0 Å². The molecule has 1 aromatic carbocycles. The smallest absolute Gasteiger partial charge is 0.321 e. The van der Waals surface area contributed by atoms with E-state index in [4.69, 9.17) is 4.74 Å². The highest BCUT2D eigenvalue weighted by molar-refractivity contribution is 5.90. The number of methoxy groups -OCH3 is 1. The van der Waals surface area contributed by atoms with Crippen molar-refractivity contribution in [3.05, 3.63) is 29.8 Å². The number of hydrogen-bond acceptors (Lipinski definition) is 3. The monoisotopic (exact) mass is 292 g/mol. The molecule has 1 aromatic rings. The average molecular weight is 292 g/mol. The highest BCUT2D eigenvalue weighted by Gasteiger charge is 2.42. The second-order valence-corrected chi connectivity index (χ2v) is 5.60. The highest BCUT2D eigenvalue weighted by Crippen LogP contribution is 2.30. The van der Waals surface area contributed by atoms with Crippen molar-refractivity contribution in [2.45, 2.75) is 20.0 Å². The van der Waals surface area contributed by atoms with Gasteiger partial charge in [-0.15, -0.1) is 0 Å². The van der Waals surface area contributed by atoms with E-state index in [0.29, 0.717) is 25.3 Å². The van der Waals surface area contributed by atoms with E-state index < -0.39 is 11.4 Å². The van der Waals surface area contributed by atoms with Crippen molar-refractivity contribution in [3.63, 3.8) is 0 Å². The topological polar surface area (TPSA) is 78.9 Å². The van der Waals surface area contributed by atoms with Crippen LogP contribution < -0.4 is 5.32 Å². The number of carboxylic acids is 1. The van der Waals surface area contributed by atoms with Gasteiger partial charge in [0.1, 0.15) is 0 Å². The van der Waals surface area contributed by atoms with Crippen LogP contribution in [0.3, 0.4) is 0 Å². The number of nitrogens with zero attached hydrogens (tertiary/aromatic N) is 1. The maximum atomic E-state index is 12.2. The summed E-state index contributed by atoms with van der Waals surface area (Å²) in [5.74, 6) is -0.861. The molecule has 1 unspecified atom stereocenters. The molecule has 6 nitrogen and oxygen atoms in total. The fraction of sp³-hybridized carbons (Fsp3) is 0.467. The number of hydrogen-bond donors (Lipinski definition) is 2. The Balaban J connectivity index is 1.99. The van der Waals surface area contributed by atoms with Gasteiger partial charge in [0.05, 0.1) is 12.0 Å². The van der Waals surface area contributed by atoms with Crippen LogP contribution in [0.15, 0.2) is 24.3 Å². The third-order valence-corrected chi connectivity index (χ3v) is 3.77. The summed E-state index contributed by atoms with van der Waals surface area (Å²) < 4.78 is 5.05. The Labute approximate surface area is 123 Å². The molecule has 0 aliphatic carbocycles. The summed E-state index contributed by atoms with van der Waals surface area (Å²) in [5, 5.41) is 12.0. The van der Waals surface area contributed by atoms with Crippen molar-refractivity contribution in [1.82, 2.24) is 4.90 Å². The zero-order valence-electron chi connectivity index (χ0n) is 12.3. The highest BCUT2D eigenvalue weighted by atomic mass is 16.5. The lowest BCUT2D eigenvalue weighted by Crippen LogP contribution is -2.37. The van der Waals surface area contributed by atoms with Crippen molar-refractivity contribution >= 4 is 17.7 Å². The Kier molecular flexibility index (Phi) is 4.47. The van der Waals surface area contributed by atoms with Gasteiger partial charge >= 0.3 is 12.0 Å². The molecule has 0 bridgehead atoms. The van der Waals surface area contributed by atoms with E-state index in [2.05, 4.69) is 5.32 Å². The van der Waals surface area contributed by atoms with Crippen LogP contribution in [0.4, 0.5) is 10.5 Å². The SMILES string of the molecule is COCc1cccc(NC(=O)N2CCC(C)(C(=O)O)C2)c1. The van der Waals surface area contributed by atoms with E-state index in [1.807, 2.05) is 18.2 Å². The Morgan fingerprint density at radius 2 is 2.24 bits per heavy atom. The van der Waals surface area contributed by atoms with Gasteiger partial charge in [0.15, 0.2) is 0 Å². The minimum atomic E-state index is -0.861. The first-order valence-corrected chi connectivity index (χ1v) is 6.82. The molecule has 0 saturated carbocycles. The number of likely N-dealkylation sites (tertiary alicyclic amines) is 1. The van der Waals surface area contributed by atoms with Crippen molar-refractivity contribution in [2.24, 2.45) is 5.41 Å². The zero-order chi connectivity index (χ0) is 15.5. The molecule has 1 atom stereocenters. The standard InChI is InChI=1S/C15H20N2O4/c1-15(13(18)19)6-7-17(10-15)14(20)16-12-5-3-4-11(8-12)9-21-2/h3-5,8H,6-7,9-10H2,1-2H3,(H,16,20)(H,18,19). The molecule has 2 rings (SSSR count). The summed E-state index contributed by atoms with van der Waals surface area (Å²) >= 11 is 0. The molecule has 0 aromatic heterocycles. The van der Waals surface area contributed by atoms with E-state index in [1.165, 1.54) is 4.90 Å². The molecule has 1 aliphatic rings.